The molecule has 0 saturated carbocycles. The molecule has 1 atom stereocenters. The van der Waals surface area contributed by atoms with E-state index in [1.165, 1.54) is 26.0 Å². The van der Waals surface area contributed by atoms with Crippen molar-refractivity contribution in [3.8, 4) is 0 Å². The van der Waals surface area contributed by atoms with E-state index < -0.39 is 35.2 Å². The predicted molar refractivity (Wildman–Crippen MR) is 72.7 cm³/mol. The van der Waals surface area contributed by atoms with Gasteiger partial charge in [-0.05, 0) is 31.9 Å². The van der Waals surface area contributed by atoms with Crippen LogP contribution in [-0.2, 0) is 20.7 Å². The molecule has 0 N–H and O–H groups in total. The molecule has 0 saturated heterocycles. The molecule has 0 fully saturated rings. The fraction of sp³-hybridized carbons (Fsp3) is 0.429. The Labute approximate surface area is 129 Å². The lowest BCUT2D eigenvalue weighted by Gasteiger charge is -2.16. The summed E-state index contributed by atoms with van der Waals surface area (Å²) in [6.45, 7) is 2.65. The van der Waals surface area contributed by atoms with Gasteiger partial charge in [-0.25, -0.2) is 0 Å². The maximum Gasteiger partial charge on any atom is 0.450 e. The Morgan fingerprint density at radius 1 is 1.35 bits per heavy atom. The Morgan fingerprint density at radius 3 is 2.39 bits per heavy atom. The van der Waals surface area contributed by atoms with Crippen LogP contribution in [-0.4, -0.2) is 29.5 Å². The van der Waals surface area contributed by atoms with Crippen LogP contribution in [0.15, 0.2) is 18.2 Å². The van der Waals surface area contributed by atoms with Crippen molar-refractivity contribution in [3.63, 3.8) is 0 Å². The van der Waals surface area contributed by atoms with E-state index in [1.54, 1.807) is 0 Å². The summed E-state index contributed by atoms with van der Waals surface area (Å²) in [4.78, 5) is 33.1. The number of esters is 1. The summed E-state index contributed by atoms with van der Waals surface area (Å²) in [7, 11) is 0. The molecule has 0 spiro atoms. The number of alkyl halides is 3. The van der Waals surface area contributed by atoms with E-state index in [2.05, 4.69) is 4.74 Å². The molecule has 1 rings (SSSR count). The molecule has 0 aliphatic heterocycles. The number of ether oxygens (including phenoxy) is 1. The van der Waals surface area contributed by atoms with Gasteiger partial charge in [-0.15, -0.1) is 0 Å². The second kappa shape index (κ2) is 7.21. The molecule has 23 heavy (non-hydrogen) atoms. The van der Waals surface area contributed by atoms with E-state index in [0.717, 1.165) is 6.07 Å². The Kier molecular flexibility index (Phi) is 5.83. The van der Waals surface area contributed by atoms with Crippen molar-refractivity contribution in [2.24, 2.45) is 5.92 Å². The number of ketones is 1. The molecule has 6 nitrogen and oxygen atoms in total. The molecule has 1 aromatic carbocycles. The van der Waals surface area contributed by atoms with Crippen molar-refractivity contribution in [1.82, 2.24) is 0 Å². The number of rotatable bonds is 6. The summed E-state index contributed by atoms with van der Waals surface area (Å²) in [5.41, 5.74) is 0.210. The quantitative estimate of drug-likeness (QED) is 0.346. The lowest BCUT2D eigenvalue weighted by molar-refractivity contribution is -0.385. The van der Waals surface area contributed by atoms with Crippen molar-refractivity contribution in [1.29, 1.82) is 0 Å². The lowest BCUT2D eigenvalue weighted by atomic mass is 9.93. The van der Waals surface area contributed by atoms with Crippen molar-refractivity contribution in [3.05, 3.63) is 39.4 Å². The molecule has 0 bridgehead atoms. The number of halogens is 3. The molecular formula is C14H14F3NO5. The number of nitrogens with zero attached hydrogens (tertiary/aromatic N) is 1. The molecular weight excluding hydrogens is 319 g/mol. The average Bonchev–Trinajstić information content (AvgIpc) is 2.42. The Hall–Kier alpha value is -2.45. The summed E-state index contributed by atoms with van der Waals surface area (Å²) >= 11 is 0. The number of benzene rings is 1. The van der Waals surface area contributed by atoms with E-state index >= 15 is 0 Å². The van der Waals surface area contributed by atoms with E-state index in [0.29, 0.717) is 0 Å². The molecule has 0 aliphatic carbocycles. The summed E-state index contributed by atoms with van der Waals surface area (Å²) in [6.07, 6.45) is -5.72. The van der Waals surface area contributed by atoms with Crippen LogP contribution in [0, 0.1) is 23.0 Å². The minimum Gasteiger partial charge on any atom is -0.465 e. The summed E-state index contributed by atoms with van der Waals surface area (Å²) < 4.78 is 42.3. The normalized spacial score (nSPS) is 12.6. The van der Waals surface area contributed by atoms with E-state index in [1.807, 2.05) is 0 Å². The fourth-order valence-electron chi connectivity index (χ4n) is 2.01. The van der Waals surface area contributed by atoms with Crippen LogP contribution in [0.4, 0.5) is 18.9 Å². The molecule has 126 valence electrons. The molecule has 1 aromatic rings. The standard InChI is InChI=1S/C14H14F3NO5/c1-3-23-13(20)10(12(19)14(15,16)17)7-9-4-5-11(18(21)22)8(2)6-9/h4-6,10H,3,7H2,1-2H3. The number of nitro benzene ring substituents is 1. The van der Waals surface area contributed by atoms with Crippen LogP contribution >= 0.6 is 0 Å². The van der Waals surface area contributed by atoms with Crippen LogP contribution in [0.25, 0.3) is 0 Å². The highest BCUT2D eigenvalue weighted by Crippen LogP contribution is 2.26. The topological polar surface area (TPSA) is 86.5 Å². The third kappa shape index (κ3) is 4.76. The van der Waals surface area contributed by atoms with Crippen molar-refractivity contribution in [2.75, 3.05) is 6.61 Å². The van der Waals surface area contributed by atoms with Gasteiger partial charge in [0.2, 0.25) is 0 Å². The number of hydrogen-bond donors (Lipinski definition) is 0. The van der Waals surface area contributed by atoms with Gasteiger partial charge in [0.25, 0.3) is 11.5 Å². The molecule has 1 unspecified atom stereocenters. The van der Waals surface area contributed by atoms with Crippen LogP contribution in [0.5, 0.6) is 0 Å². The smallest absolute Gasteiger partial charge is 0.450 e. The number of carbonyl (C=O) groups excluding carboxylic acids is 2. The second-order valence-corrected chi connectivity index (χ2v) is 4.75. The number of Topliss-reactive ketones (excluding diaryl/α,β-unsaturated/α-hetero) is 1. The number of aryl methyl sites for hydroxylation is 1. The highest BCUT2D eigenvalue weighted by molar-refractivity contribution is 6.02. The van der Waals surface area contributed by atoms with Gasteiger partial charge in [0.1, 0.15) is 5.92 Å². The zero-order chi connectivity index (χ0) is 17.8. The van der Waals surface area contributed by atoms with Crippen LogP contribution < -0.4 is 0 Å². The molecule has 0 aromatic heterocycles. The van der Waals surface area contributed by atoms with Crippen molar-refractivity contribution < 1.29 is 32.4 Å². The van der Waals surface area contributed by atoms with Crippen LogP contribution in [0.3, 0.4) is 0 Å². The summed E-state index contributed by atoms with van der Waals surface area (Å²) in [5.74, 6) is -5.51. The first-order valence-corrected chi connectivity index (χ1v) is 6.59. The van der Waals surface area contributed by atoms with Gasteiger partial charge < -0.3 is 4.74 Å². The van der Waals surface area contributed by atoms with E-state index in [9.17, 15) is 32.9 Å². The molecule has 0 amide bonds. The highest BCUT2D eigenvalue weighted by atomic mass is 19.4. The van der Waals surface area contributed by atoms with Crippen molar-refractivity contribution >= 4 is 17.4 Å². The number of nitro groups is 1. The first-order valence-electron chi connectivity index (χ1n) is 6.59. The lowest BCUT2D eigenvalue weighted by Crippen LogP contribution is -2.37. The third-order valence-corrected chi connectivity index (χ3v) is 3.06. The maximum absolute atomic E-state index is 12.6. The van der Waals surface area contributed by atoms with Gasteiger partial charge in [0, 0.05) is 11.6 Å². The van der Waals surface area contributed by atoms with Gasteiger partial charge in [0.15, 0.2) is 0 Å². The summed E-state index contributed by atoms with van der Waals surface area (Å²) in [5, 5.41) is 10.7. The third-order valence-electron chi connectivity index (χ3n) is 3.06. The fourth-order valence-corrected chi connectivity index (χ4v) is 2.01. The highest BCUT2D eigenvalue weighted by Gasteiger charge is 2.46. The zero-order valence-electron chi connectivity index (χ0n) is 12.3. The Morgan fingerprint density at radius 2 is 1.96 bits per heavy atom. The van der Waals surface area contributed by atoms with Gasteiger partial charge in [0.05, 0.1) is 11.5 Å². The van der Waals surface area contributed by atoms with Gasteiger partial charge in [-0.2, -0.15) is 13.2 Å². The minimum atomic E-state index is -5.17. The molecule has 9 heteroatoms. The average molecular weight is 333 g/mol. The SMILES string of the molecule is CCOC(=O)C(Cc1ccc([N+](=O)[O-])c(C)c1)C(=O)C(F)(F)F. The second-order valence-electron chi connectivity index (χ2n) is 4.75. The van der Waals surface area contributed by atoms with Gasteiger partial charge in [-0.1, -0.05) is 6.07 Å². The van der Waals surface area contributed by atoms with Crippen molar-refractivity contribution in [2.45, 2.75) is 26.4 Å². The number of hydrogen-bond acceptors (Lipinski definition) is 5. The van der Waals surface area contributed by atoms with Crippen LogP contribution in [0.2, 0.25) is 0 Å². The number of carbonyl (C=O) groups is 2. The van der Waals surface area contributed by atoms with E-state index in [4.69, 9.17) is 0 Å². The zero-order valence-corrected chi connectivity index (χ0v) is 12.3. The predicted octanol–water partition coefficient (Wildman–Crippen LogP) is 2.76. The first kappa shape index (κ1) is 18.6. The molecule has 0 aliphatic rings. The molecule has 0 radical (unpaired) electrons. The minimum absolute atomic E-state index is 0.167. The monoisotopic (exact) mass is 333 g/mol. The maximum atomic E-state index is 12.6. The van der Waals surface area contributed by atoms with Gasteiger partial charge in [-0.3, -0.25) is 19.7 Å². The molecule has 0 heterocycles. The summed E-state index contributed by atoms with van der Waals surface area (Å²) in [6, 6.07) is 3.60. The Bertz CT molecular complexity index is 627. The largest absolute Gasteiger partial charge is 0.465 e. The first-order chi connectivity index (χ1) is 10.6. The van der Waals surface area contributed by atoms with Gasteiger partial charge >= 0.3 is 12.1 Å². The van der Waals surface area contributed by atoms with Crippen LogP contribution in [0.1, 0.15) is 18.1 Å². The Balaban J connectivity index is 3.11. The van der Waals surface area contributed by atoms with E-state index in [-0.39, 0.29) is 23.4 Å².